The van der Waals surface area contributed by atoms with Crippen molar-refractivity contribution in [1.29, 1.82) is 0 Å². The van der Waals surface area contributed by atoms with Crippen molar-refractivity contribution in [2.24, 2.45) is 0 Å². The van der Waals surface area contributed by atoms with Crippen LogP contribution >= 0.6 is 0 Å². The zero-order chi connectivity index (χ0) is 22.9. The SMILES string of the molecule is CCCN(CCC)Cc1nc(-c2ncn3c2CN(C)Cc2c-3cccc2C(F)(F)F)no1. The number of imidazole rings is 1. The minimum absolute atomic E-state index is 0.173. The van der Waals surface area contributed by atoms with E-state index in [1.165, 1.54) is 6.07 Å². The van der Waals surface area contributed by atoms with E-state index in [2.05, 4.69) is 33.9 Å². The van der Waals surface area contributed by atoms with Gasteiger partial charge in [0.05, 0.1) is 23.5 Å². The predicted molar refractivity (Wildman–Crippen MR) is 113 cm³/mol. The molecule has 0 saturated carbocycles. The van der Waals surface area contributed by atoms with Gasteiger partial charge in [0.25, 0.3) is 0 Å². The number of benzene rings is 1. The third-order valence-electron chi connectivity index (χ3n) is 5.55. The smallest absolute Gasteiger partial charge is 0.337 e. The fourth-order valence-electron chi connectivity index (χ4n) is 4.24. The highest BCUT2D eigenvalue weighted by Gasteiger charge is 2.36. The lowest BCUT2D eigenvalue weighted by atomic mass is 10.0. The van der Waals surface area contributed by atoms with E-state index < -0.39 is 11.7 Å². The Morgan fingerprint density at radius 1 is 1.12 bits per heavy atom. The fourth-order valence-corrected chi connectivity index (χ4v) is 4.24. The first kappa shape index (κ1) is 22.5. The molecule has 0 bridgehead atoms. The molecule has 0 spiro atoms. The standard InChI is InChI=1S/C22H27F3N6O/c1-4-9-30(10-5-2)13-19-27-21(28-32-19)20-18-12-29(3)11-15-16(22(23,24)25)7-6-8-17(15)31(18)14-26-20/h6-8,14H,4-5,9-13H2,1-3H3. The molecule has 1 aromatic carbocycles. The molecule has 1 aliphatic heterocycles. The summed E-state index contributed by atoms with van der Waals surface area (Å²) in [5, 5.41) is 4.12. The highest BCUT2D eigenvalue weighted by Crippen LogP contribution is 2.37. The molecule has 32 heavy (non-hydrogen) atoms. The highest BCUT2D eigenvalue weighted by atomic mass is 19.4. The molecule has 3 aromatic rings. The van der Waals surface area contributed by atoms with Gasteiger partial charge in [-0.1, -0.05) is 25.1 Å². The number of aromatic nitrogens is 4. The molecule has 0 radical (unpaired) electrons. The Hall–Kier alpha value is -2.72. The summed E-state index contributed by atoms with van der Waals surface area (Å²) in [5.41, 5.74) is 1.33. The Bertz CT molecular complexity index is 1070. The number of halogens is 3. The van der Waals surface area contributed by atoms with Crippen molar-refractivity contribution < 1.29 is 17.7 Å². The zero-order valence-electron chi connectivity index (χ0n) is 18.5. The van der Waals surface area contributed by atoms with Crippen LogP contribution in [0.4, 0.5) is 13.2 Å². The Labute approximate surface area is 184 Å². The number of rotatable bonds is 7. The van der Waals surface area contributed by atoms with Crippen LogP contribution in [0.5, 0.6) is 0 Å². The maximum atomic E-state index is 13.6. The molecule has 0 unspecified atom stereocenters. The van der Waals surface area contributed by atoms with Crippen molar-refractivity contribution in [1.82, 2.24) is 29.5 Å². The van der Waals surface area contributed by atoms with Crippen molar-refractivity contribution in [3.05, 3.63) is 47.2 Å². The highest BCUT2D eigenvalue weighted by molar-refractivity contribution is 5.58. The summed E-state index contributed by atoms with van der Waals surface area (Å²) in [6, 6.07) is 4.24. The third kappa shape index (κ3) is 4.42. The molecule has 10 heteroatoms. The summed E-state index contributed by atoms with van der Waals surface area (Å²) >= 11 is 0. The lowest BCUT2D eigenvalue weighted by molar-refractivity contribution is -0.138. The monoisotopic (exact) mass is 448 g/mol. The van der Waals surface area contributed by atoms with Crippen LogP contribution in [0.3, 0.4) is 0 Å². The zero-order valence-corrected chi connectivity index (χ0v) is 18.5. The predicted octanol–water partition coefficient (Wildman–Crippen LogP) is 4.51. The molecular weight excluding hydrogens is 421 g/mol. The normalized spacial score (nSPS) is 14.5. The number of hydrogen-bond acceptors (Lipinski definition) is 6. The largest absolute Gasteiger partial charge is 0.416 e. The van der Waals surface area contributed by atoms with Crippen LogP contribution in [-0.2, 0) is 25.8 Å². The van der Waals surface area contributed by atoms with Crippen LogP contribution in [0.15, 0.2) is 29.0 Å². The number of nitrogens with zero attached hydrogens (tertiary/aromatic N) is 6. The van der Waals surface area contributed by atoms with Crippen LogP contribution in [-0.4, -0.2) is 49.6 Å². The number of alkyl halides is 3. The molecule has 2 aromatic heterocycles. The van der Waals surface area contributed by atoms with Crippen LogP contribution in [0.25, 0.3) is 17.2 Å². The van der Waals surface area contributed by atoms with Crippen LogP contribution in [0, 0.1) is 0 Å². The van der Waals surface area contributed by atoms with E-state index in [0.717, 1.165) is 37.7 Å². The lowest BCUT2D eigenvalue weighted by Gasteiger charge is -2.18. The minimum atomic E-state index is -4.43. The minimum Gasteiger partial charge on any atom is -0.337 e. The summed E-state index contributed by atoms with van der Waals surface area (Å²) in [7, 11) is 1.79. The topological polar surface area (TPSA) is 63.2 Å². The second-order valence-electron chi connectivity index (χ2n) is 8.17. The third-order valence-corrected chi connectivity index (χ3v) is 5.55. The lowest BCUT2D eigenvalue weighted by Crippen LogP contribution is -2.25. The van der Waals surface area contributed by atoms with E-state index in [0.29, 0.717) is 36.2 Å². The van der Waals surface area contributed by atoms with Gasteiger partial charge in [0.2, 0.25) is 11.7 Å². The molecule has 0 amide bonds. The van der Waals surface area contributed by atoms with E-state index >= 15 is 0 Å². The molecular formula is C22H27F3N6O. The first-order valence-corrected chi connectivity index (χ1v) is 10.8. The second-order valence-corrected chi connectivity index (χ2v) is 8.17. The van der Waals surface area contributed by atoms with Crippen LogP contribution in [0.1, 0.15) is 49.4 Å². The Morgan fingerprint density at radius 3 is 2.56 bits per heavy atom. The molecule has 0 N–H and O–H groups in total. The average Bonchev–Trinajstić information content (AvgIpc) is 3.31. The summed E-state index contributed by atoms with van der Waals surface area (Å²) in [6.45, 7) is 7.27. The first-order valence-electron chi connectivity index (χ1n) is 10.8. The summed E-state index contributed by atoms with van der Waals surface area (Å²) < 4.78 is 48.0. The molecule has 7 nitrogen and oxygen atoms in total. The van der Waals surface area contributed by atoms with Gasteiger partial charge in [0.1, 0.15) is 12.0 Å². The van der Waals surface area contributed by atoms with Gasteiger partial charge in [-0.15, -0.1) is 0 Å². The van der Waals surface area contributed by atoms with E-state index in [1.54, 1.807) is 24.0 Å². The van der Waals surface area contributed by atoms with Gasteiger partial charge in [-0.3, -0.25) is 9.80 Å². The van der Waals surface area contributed by atoms with Crippen molar-refractivity contribution in [3.63, 3.8) is 0 Å². The van der Waals surface area contributed by atoms with Gasteiger partial charge in [-0.2, -0.15) is 18.2 Å². The summed E-state index contributed by atoms with van der Waals surface area (Å²) in [6.07, 6.45) is -0.826. The Kier molecular flexibility index (Phi) is 6.34. The molecule has 4 rings (SSSR count). The van der Waals surface area contributed by atoms with E-state index in [-0.39, 0.29) is 12.1 Å². The van der Waals surface area contributed by atoms with Gasteiger partial charge in [0.15, 0.2) is 0 Å². The van der Waals surface area contributed by atoms with Crippen LogP contribution < -0.4 is 0 Å². The number of hydrogen-bond donors (Lipinski definition) is 0. The molecule has 0 fully saturated rings. The van der Waals surface area contributed by atoms with Crippen LogP contribution in [0.2, 0.25) is 0 Å². The molecule has 3 heterocycles. The van der Waals surface area contributed by atoms with Gasteiger partial charge >= 0.3 is 6.18 Å². The first-order chi connectivity index (χ1) is 15.3. The Balaban J connectivity index is 1.70. The maximum absolute atomic E-state index is 13.6. The van der Waals surface area contributed by atoms with Gasteiger partial charge in [-0.25, -0.2) is 4.98 Å². The maximum Gasteiger partial charge on any atom is 0.416 e. The summed E-state index contributed by atoms with van der Waals surface area (Å²) in [5.74, 6) is 0.857. The Morgan fingerprint density at radius 2 is 1.88 bits per heavy atom. The second kappa shape index (κ2) is 9.03. The average molecular weight is 448 g/mol. The van der Waals surface area contributed by atoms with Crippen molar-refractivity contribution in [2.45, 2.75) is 52.5 Å². The van der Waals surface area contributed by atoms with Gasteiger partial charge < -0.3 is 9.09 Å². The van der Waals surface area contributed by atoms with E-state index in [9.17, 15) is 13.2 Å². The van der Waals surface area contributed by atoms with E-state index in [4.69, 9.17) is 4.52 Å². The van der Waals surface area contributed by atoms with E-state index in [1.807, 2.05) is 4.90 Å². The molecule has 172 valence electrons. The molecule has 0 saturated heterocycles. The molecule has 0 atom stereocenters. The van der Waals surface area contributed by atoms with Gasteiger partial charge in [0, 0.05) is 18.7 Å². The number of fused-ring (bicyclic) bond motifs is 3. The molecule has 1 aliphatic rings. The summed E-state index contributed by atoms with van der Waals surface area (Å²) in [4.78, 5) is 13.1. The van der Waals surface area contributed by atoms with Crippen molar-refractivity contribution >= 4 is 0 Å². The quantitative estimate of drug-likeness (QED) is 0.530. The fraction of sp³-hybridized carbons (Fsp3) is 0.500. The van der Waals surface area contributed by atoms with Crippen molar-refractivity contribution in [3.8, 4) is 17.2 Å². The van der Waals surface area contributed by atoms with Crippen molar-refractivity contribution in [2.75, 3.05) is 20.1 Å². The molecule has 0 aliphatic carbocycles. The van der Waals surface area contributed by atoms with Gasteiger partial charge in [-0.05, 0) is 45.1 Å².